The van der Waals surface area contributed by atoms with E-state index < -0.39 is 44.5 Å². The van der Waals surface area contributed by atoms with Crippen molar-refractivity contribution in [2.24, 2.45) is 5.16 Å². The number of carbonyl (C=O) groups excluding carboxylic acids is 2. The van der Waals surface area contributed by atoms with Crippen molar-refractivity contribution in [3.8, 4) is 0 Å². The van der Waals surface area contributed by atoms with Gasteiger partial charge in [0.25, 0.3) is 22.7 Å². The zero-order chi connectivity index (χ0) is 29.6. The largest absolute Gasteiger partial charge is 0.477 e. The van der Waals surface area contributed by atoms with Gasteiger partial charge in [0, 0.05) is 22.6 Å². The Morgan fingerprint density at radius 2 is 2.10 bits per heavy atom. The van der Waals surface area contributed by atoms with E-state index in [1.807, 2.05) is 0 Å². The summed E-state index contributed by atoms with van der Waals surface area (Å²) in [5, 5.41) is 20.6. The molecule has 5 N–H and O–H groups in total. The number of carbonyl (C=O) groups is 3. The summed E-state index contributed by atoms with van der Waals surface area (Å²) in [6, 6.07) is 0.570. The number of nitrogens with zero attached hydrogens (tertiary/aromatic N) is 7. The van der Waals surface area contributed by atoms with Gasteiger partial charge in [-0.05, 0) is 18.6 Å². The number of oxime groups is 1. The quantitative estimate of drug-likeness (QED) is 0.0580. The molecule has 3 aromatic heterocycles. The number of nitrogens with one attached hydrogen (secondary N) is 1. The molecule has 2 aliphatic rings. The second kappa shape index (κ2) is 10.9. The summed E-state index contributed by atoms with van der Waals surface area (Å²) in [5.74, 6) is -2.45. The minimum atomic E-state index is -4.68. The van der Waals surface area contributed by atoms with Crippen molar-refractivity contribution in [2.45, 2.75) is 28.5 Å². The zero-order valence-electron chi connectivity index (χ0n) is 20.9. The summed E-state index contributed by atoms with van der Waals surface area (Å²) in [4.78, 5) is 56.0. The number of thiazole rings is 1. The molecule has 0 unspecified atom stereocenters. The lowest BCUT2D eigenvalue weighted by molar-refractivity contribution is -0.150. The Kier molecular flexibility index (Phi) is 7.63. The van der Waals surface area contributed by atoms with Crippen LogP contribution in [0.2, 0.25) is 0 Å². The lowest BCUT2D eigenvalue weighted by Gasteiger charge is -2.49. The molecule has 17 nitrogen and oxygen atoms in total. The van der Waals surface area contributed by atoms with Crippen LogP contribution in [0.3, 0.4) is 0 Å². The van der Waals surface area contributed by atoms with Crippen LogP contribution in [-0.4, -0.2) is 101 Å². The summed E-state index contributed by atoms with van der Waals surface area (Å²) in [5.41, 5.74) is 6.29. The Hall–Kier alpha value is -3.79. The number of nitrogens with two attached hydrogens (primary N) is 1. The van der Waals surface area contributed by atoms with Crippen molar-refractivity contribution in [1.29, 1.82) is 0 Å². The molecule has 0 bridgehead atoms. The van der Waals surface area contributed by atoms with Gasteiger partial charge < -0.3 is 21.0 Å². The van der Waals surface area contributed by atoms with Crippen LogP contribution >= 0.6 is 34.9 Å². The molecule has 5 rings (SSSR count). The molecule has 216 valence electrons. The van der Waals surface area contributed by atoms with Gasteiger partial charge in [0.1, 0.15) is 34.9 Å². The third kappa shape index (κ3) is 5.45. The van der Waals surface area contributed by atoms with E-state index in [9.17, 15) is 32.5 Å². The first-order chi connectivity index (χ1) is 19.4. The fourth-order valence-electron chi connectivity index (χ4n) is 4.00. The van der Waals surface area contributed by atoms with Gasteiger partial charge in [-0.1, -0.05) is 5.16 Å². The molecule has 0 aliphatic carbocycles. The number of anilines is 1. The summed E-state index contributed by atoms with van der Waals surface area (Å²) in [6.07, 6.45) is 0. The van der Waals surface area contributed by atoms with Gasteiger partial charge >= 0.3 is 16.1 Å². The van der Waals surface area contributed by atoms with Crippen molar-refractivity contribution in [1.82, 2.24) is 34.8 Å². The van der Waals surface area contributed by atoms with E-state index in [1.165, 1.54) is 24.3 Å². The van der Waals surface area contributed by atoms with Crippen LogP contribution in [0.25, 0.3) is 5.78 Å². The van der Waals surface area contributed by atoms with Crippen molar-refractivity contribution >= 4 is 79.4 Å². The van der Waals surface area contributed by atoms with Crippen LogP contribution < -0.4 is 11.1 Å². The van der Waals surface area contributed by atoms with Gasteiger partial charge in [-0.15, -0.1) is 40.0 Å². The van der Waals surface area contributed by atoms with Gasteiger partial charge in [0.2, 0.25) is 0 Å². The molecule has 0 saturated carbocycles. The number of hydrogen-bond donors (Lipinski definition) is 4. The summed E-state index contributed by atoms with van der Waals surface area (Å²) >= 11 is 3.47. The number of amides is 2. The summed E-state index contributed by atoms with van der Waals surface area (Å²) in [6.45, 7) is 1.65. The number of thioether (sulfide) groups is 2. The molecular formula is C20H19N9O8S4. The van der Waals surface area contributed by atoms with Gasteiger partial charge in [0.15, 0.2) is 10.8 Å². The number of rotatable bonds is 9. The van der Waals surface area contributed by atoms with E-state index in [-0.39, 0.29) is 39.5 Å². The number of carboxylic acids is 1. The maximum absolute atomic E-state index is 13.1. The molecule has 0 spiro atoms. The Balaban J connectivity index is 1.36. The zero-order valence-corrected chi connectivity index (χ0v) is 24.2. The predicted octanol–water partition coefficient (Wildman–Crippen LogP) is -0.400. The number of carboxylic acid groups (broad SMARTS) is 1. The van der Waals surface area contributed by atoms with E-state index in [0.29, 0.717) is 16.3 Å². The number of hydrogen-bond acceptors (Lipinski definition) is 15. The van der Waals surface area contributed by atoms with Crippen LogP contribution in [-0.2, 0) is 29.3 Å². The van der Waals surface area contributed by atoms with Gasteiger partial charge in [-0.3, -0.25) is 19.0 Å². The molecule has 0 aromatic carbocycles. The SMILES string of the molecule is CON=C(C(=O)N[C@@H]1C(=O)N2C(C(=O)O)=C(CSc3cc(C)nc4nc(S(=O)(=O)O)nn34)CS[C@H]12)c1csc(N)n1. The smallest absolute Gasteiger partial charge is 0.352 e. The van der Waals surface area contributed by atoms with E-state index in [1.54, 1.807) is 13.0 Å². The molecule has 0 radical (unpaired) electrons. The monoisotopic (exact) mass is 641 g/mol. The molecule has 2 aliphatic heterocycles. The Bertz CT molecular complexity index is 1770. The maximum atomic E-state index is 13.1. The van der Waals surface area contributed by atoms with Gasteiger partial charge in [-0.2, -0.15) is 17.9 Å². The second-order valence-corrected chi connectivity index (χ2v) is 12.7. The summed E-state index contributed by atoms with van der Waals surface area (Å²) < 4.78 is 33.4. The van der Waals surface area contributed by atoms with E-state index >= 15 is 0 Å². The molecule has 2 atom stereocenters. The highest BCUT2D eigenvalue weighted by Gasteiger charge is 2.54. The summed E-state index contributed by atoms with van der Waals surface area (Å²) in [7, 11) is -3.43. The Labute approximate surface area is 243 Å². The fraction of sp³-hybridized carbons (Fsp3) is 0.300. The van der Waals surface area contributed by atoms with Crippen LogP contribution in [0.15, 0.2) is 38.1 Å². The Morgan fingerprint density at radius 1 is 1.34 bits per heavy atom. The van der Waals surface area contributed by atoms with Crippen molar-refractivity contribution in [3.63, 3.8) is 0 Å². The Morgan fingerprint density at radius 3 is 2.73 bits per heavy atom. The third-order valence-corrected chi connectivity index (χ3v) is 9.44. The first-order valence-electron chi connectivity index (χ1n) is 11.3. The standard InChI is InChI=1S/C20H19N9O8S4/c1-7-3-10(29-19(22-7)25-20(26-29)41(34,35)36)38-4-8-5-39-16-12(15(31)28(16)13(8)17(32)33)24-14(30)11(27-37-2)9-6-40-18(21)23-9/h3,6,12,16H,4-5H2,1-2H3,(H2,21,23)(H,24,30)(H,32,33)(H,34,35,36)/t12-,16-/m1/s1. The van der Waals surface area contributed by atoms with Crippen molar-refractivity contribution < 1.29 is 37.3 Å². The van der Waals surface area contributed by atoms with Crippen molar-refractivity contribution in [3.05, 3.63) is 34.1 Å². The minimum absolute atomic E-state index is 0.0705. The second-order valence-electron chi connectivity index (χ2n) is 8.42. The number of fused-ring (bicyclic) bond motifs is 2. The topological polar surface area (TPSA) is 245 Å². The average Bonchev–Trinajstić information content (AvgIpc) is 3.54. The molecule has 5 heterocycles. The molecular weight excluding hydrogens is 623 g/mol. The number of aliphatic carboxylic acids is 1. The molecule has 3 aromatic rings. The minimum Gasteiger partial charge on any atom is -0.477 e. The van der Waals surface area contributed by atoms with Gasteiger partial charge in [0.05, 0.1) is 0 Å². The van der Waals surface area contributed by atoms with Gasteiger partial charge in [-0.25, -0.2) is 14.8 Å². The number of aromatic nitrogens is 5. The van der Waals surface area contributed by atoms with Crippen molar-refractivity contribution in [2.75, 3.05) is 24.3 Å². The third-order valence-electron chi connectivity index (χ3n) is 5.71. The first kappa shape index (κ1) is 28.7. The molecule has 21 heteroatoms. The molecule has 1 saturated heterocycles. The van der Waals surface area contributed by atoms with Crippen LogP contribution in [0, 0.1) is 6.92 Å². The predicted molar refractivity (Wildman–Crippen MR) is 146 cm³/mol. The van der Waals surface area contributed by atoms with E-state index in [2.05, 4.69) is 30.5 Å². The van der Waals surface area contributed by atoms with E-state index in [0.717, 1.165) is 32.5 Å². The highest BCUT2D eigenvalue weighted by atomic mass is 32.2. The lowest BCUT2D eigenvalue weighted by atomic mass is 10.0. The molecule has 2 amide bonds. The number of aryl methyl sites for hydroxylation is 1. The number of β-lactam (4-membered cyclic amide) rings is 1. The molecule has 1 fully saturated rings. The normalized spacial score (nSPS) is 19.2. The van der Waals surface area contributed by atoms with Crippen LogP contribution in [0.5, 0.6) is 0 Å². The van der Waals surface area contributed by atoms with E-state index in [4.69, 9.17) is 10.6 Å². The first-order valence-corrected chi connectivity index (χ1v) is 15.6. The van der Waals surface area contributed by atoms with Crippen LogP contribution in [0.4, 0.5) is 5.13 Å². The lowest BCUT2D eigenvalue weighted by Crippen LogP contribution is -2.71. The highest BCUT2D eigenvalue weighted by molar-refractivity contribution is 8.01. The molecule has 41 heavy (non-hydrogen) atoms. The maximum Gasteiger partial charge on any atom is 0.352 e. The average molecular weight is 642 g/mol. The fourth-order valence-corrected chi connectivity index (χ4v) is 7.47. The van der Waals surface area contributed by atoms with Crippen LogP contribution in [0.1, 0.15) is 11.4 Å². The highest BCUT2D eigenvalue weighted by Crippen LogP contribution is 2.41. The number of nitrogen functional groups attached to an aromatic ring is 1.